The molecule has 0 bridgehead atoms. The van der Waals surface area contributed by atoms with Crippen LogP contribution in [-0.2, 0) is 14.8 Å². The molecule has 0 aromatic heterocycles. The first-order chi connectivity index (χ1) is 7.41. The van der Waals surface area contributed by atoms with Crippen molar-refractivity contribution in [1.29, 1.82) is 0 Å². The summed E-state index contributed by atoms with van der Waals surface area (Å²) in [6.45, 7) is 0. The van der Waals surface area contributed by atoms with Crippen LogP contribution < -0.4 is 0 Å². The number of aliphatic carboxylic acids is 1. The summed E-state index contributed by atoms with van der Waals surface area (Å²) in [5.41, 5.74) is 0. The molecule has 1 aliphatic carbocycles. The minimum atomic E-state index is -3.41. The molecule has 0 aromatic carbocycles. The third-order valence-electron chi connectivity index (χ3n) is 3.70. The van der Waals surface area contributed by atoms with Gasteiger partial charge >= 0.3 is 5.97 Å². The van der Waals surface area contributed by atoms with Gasteiger partial charge in [0.05, 0.1) is 6.26 Å². The maximum absolute atomic E-state index is 11.7. The average molecular weight is 247 g/mol. The van der Waals surface area contributed by atoms with Gasteiger partial charge < -0.3 is 5.11 Å². The van der Waals surface area contributed by atoms with Gasteiger partial charge in [-0.15, -0.1) is 0 Å². The molecule has 1 N–H and O–H groups in total. The summed E-state index contributed by atoms with van der Waals surface area (Å²) in [6, 6.07) is -0.923. The Morgan fingerprint density at radius 3 is 2.50 bits per heavy atom. The number of carboxylic acid groups (broad SMARTS) is 1. The van der Waals surface area contributed by atoms with E-state index in [-0.39, 0.29) is 12.0 Å². The van der Waals surface area contributed by atoms with E-state index in [1.807, 2.05) is 0 Å². The van der Waals surface area contributed by atoms with Crippen molar-refractivity contribution in [2.45, 2.75) is 44.2 Å². The Bertz CT molecular complexity index is 392. The summed E-state index contributed by atoms with van der Waals surface area (Å²) < 4.78 is 24.6. The smallest absolute Gasteiger partial charge is 0.322 e. The summed E-state index contributed by atoms with van der Waals surface area (Å²) in [5, 5.41) is 9.09. The van der Waals surface area contributed by atoms with Gasteiger partial charge in [-0.1, -0.05) is 12.8 Å². The monoisotopic (exact) mass is 247 g/mol. The van der Waals surface area contributed by atoms with Gasteiger partial charge in [-0.3, -0.25) is 4.79 Å². The zero-order valence-corrected chi connectivity index (χ0v) is 10.1. The van der Waals surface area contributed by atoms with Crippen LogP contribution in [0, 0.1) is 5.92 Å². The predicted octanol–water partition coefficient (Wildman–Crippen LogP) is 0.664. The van der Waals surface area contributed by atoms with Crippen molar-refractivity contribution in [2.24, 2.45) is 5.92 Å². The molecule has 0 radical (unpaired) electrons. The number of carboxylic acids is 1. The van der Waals surface area contributed by atoms with E-state index in [0.717, 1.165) is 31.9 Å². The number of hydrogen-bond donors (Lipinski definition) is 1. The molecule has 0 aromatic rings. The molecule has 3 atom stereocenters. The van der Waals surface area contributed by atoms with Gasteiger partial charge in [0.15, 0.2) is 0 Å². The third kappa shape index (κ3) is 1.96. The molecule has 2 rings (SSSR count). The van der Waals surface area contributed by atoms with Crippen LogP contribution in [0.25, 0.3) is 0 Å². The lowest BCUT2D eigenvalue weighted by Gasteiger charge is -2.30. The van der Waals surface area contributed by atoms with Crippen LogP contribution in [0.1, 0.15) is 32.1 Å². The number of hydrogen-bond acceptors (Lipinski definition) is 3. The zero-order chi connectivity index (χ0) is 11.9. The van der Waals surface area contributed by atoms with Crippen molar-refractivity contribution in [3.8, 4) is 0 Å². The van der Waals surface area contributed by atoms with Crippen LogP contribution in [0.15, 0.2) is 0 Å². The lowest BCUT2D eigenvalue weighted by molar-refractivity contribution is -0.140. The molecule has 16 heavy (non-hydrogen) atoms. The first-order valence-corrected chi connectivity index (χ1v) is 7.47. The minimum Gasteiger partial charge on any atom is -0.480 e. The van der Waals surface area contributed by atoms with Crippen molar-refractivity contribution in [1.82, 2.24) is 4.31 Å². The fourth-order valence-electron chi connectivity index (χ4n) is 3.11. The molecule has 6 heteroatoms. The van der Waals surface area contributed by atoms with Gasteiger partial charge in [-0.2, -0.15) is 4.31 Å². The molecular formula is C10H17NO4S. The van der Waals surface area contributed by atoms with Gasteiger partial charge in [-0.25, -0.2) is 8.42 Å². The van der Waals surface area contributed by atoms with Gasteiger partial charge in [-0.05, 0) is 25.2 Å². The second-order valence-electron chi connectivity index (χ2n) is 4.79. The first kappa shape index (κ1) is 11.9. The molecule has 5 nitrogen and oxygen atoms in total. The Kier molecular flexibility index (Phi) is 2.96. The number of rotatable bonds is 2. The number of sulfonamides is 1. The maximum Gasteiger partial charge on any atom is 0.322 e. The van der Waals surface area contributed by atoms with Crippen LogP contribution in [0.3, 0.4) is 0 Å². The molecule has 92 valence electrons. The fourth-order valence-corrected chi connectivity index (χ4v) is 4.51. The van der Waals surface area contributed by atoms with E-state index in [1.165, 1.54) is 4.31 Å². The summed E-state index contributed by atoms with van der Waals surface area (Å²) >= 11 is 0. The lowest BCUT2D eigenvalue weighted by atomic mass is 9.85. The van der Waals surface area contributed by atoms with Crippen molar-refractivity contribution < 1.29 is 18.3 Å². The Morgan fingerprint density at radius 1 is 1.31 bits per heavy atom. The third-order valence-corrected chi connectivity index (χ3v) is 4.99. The van der Waals surface area contributed by atoms with Crippen LogP contribution in [0.5, 0.6) is 0 Å². The summed E-state index contributed by atoms with van der Waals surface area (Å²) in [7, 11) is -3.41. The largest absolute Gasteiger partial charge is 0.480 e. The summed E-state index contributed by atoms with van der Waals surface area (Å²) in [5.74, 6) is -0.774. The van der Waals surface area contributed by atoms with E-state index in [2.05, 4.69) is 0 Å². The Morgan fingerprint density at radius 2 is 1.94 bits per heavy atom. The fraction of sp³-hybridized carbons (Fsp3) is 0.900. The van der Waals surface area contributed by atoms with Crippen LogP contribution in [0.2, 0.25) is 0 Å². The van der Waals surface area contributed by atoms with Crippen molar-refractivity contribution in [2.75, 3.05) is 6.26 Å². The SMILES string of the molecule is CS(=O)(=O)N1[C@H](C(=O)O)C[C@@H]2CCCC[C@@H]21. The van der Waals surface area contributed by atoms with Crippen molar-refractivity contribution in [3.05, 3.63) is 0 Å². The second-order valence-corrected chi connectivity index (χ2v) is 6.68. The van der Waals surface area contributed by atoms with E-state index in [1.54, 1.807) is 0 Å². The summed E-state index contributed by atoms with van der Waals surface area (Å²) in [6.07, 6.45) is 5.44. The molecule has 1 saturated heterocycles. The van der Waals surface area contributed by atoms with Gasteiger partial charge in [0.2, 0.25) is 10.0 Å². The van der Waals surface area contributed by atoms with Crippen LogP contribution in [0.4, 0.5) is 0 Å². The van der Waals surface area contributed by atoms with E-state index >= 15 is 0 Å². The molecule has 1 saturated carbocycles. The molecular weight excluding hydrogens is 230 g/mol. The topological polar surface area (TPSA) is 74.7 Å². The van der Waals surface area contributed by atoms with E-state index in [9.17, 15) is 13.2 Å². The molecule has 2 fully saturated rings. The van der Waals surface area contributed by atoms with E-state index in [4.69, 9.17) is 5.11 Å². The standard InChI is InChI=1S/C10H17NO4S/c1-16(14,15)11-8-5-3-2-4-7(8)6-9(11)10(12)13/h7-9H,2-6H2,1H3,(H,12,13)/t7-,8-,9-/m0/s1. The number of nitrogens with zero attached hydrogens (tertiary/aromatic N) is 1. The molecule has 2 aliphatic rings. The molecule has 0 amide bonds. The quantitative estimate of drug-likeness (QED) is 0.778. The van der Waals surface area contributed by atoms with Crippen molar-refractivity contribution >= 4 is 16.0 Å². The predicted molar refractivity (Wildman–Crippen MR) is 58.5 cm³/mol. The molecule has 0 spiro atoms. The normalized spacial score (nSPS) is 35.9. The highest BCUT2D eigenvalue weighted by molar-refractivity contribution is 7.88. The molecule has 0 unspecified atom stereocenters. The maximum atomic E-state index is 11.7. The number of carbonyl (C=O) groups is 1. The summed E-state index contributed by atoms with van der Waals surface area (Å²) in [4.78, 5) is 11.1. The average Bonchev–Trinajstić information content (AvgIpc) is 2.55. The minimum absolute atomic E-state index is 0.0788. The van der Waals surface area contributed by atoms with Gasteiger partial charge in [0, 0.05) is 6.04 Å². The van der Waals surface area contributed by atoms with Gasteiger partial charge in [0.1, 0.15) is 6.04 Å². The highest BCUT2D eigenvalue weighted by Gasteiger charge is 2.49. The van der Waals surface area contributed by atoms with E-state index in [0.29, 0.717) is 6.42 Å². The molecule has 1 aliphatic heterocycles. The Balaban J connectivity index is 2.32. The van der Waals surface area contributed by atoms with Gasteiger partial charge in [0.25, 0.3) is 0 Å². The van der Waals surface area contributed by atoms with E-state index < -0.39 is 22.0 Å². The Hall–Kier alpha value is -0.620. The van der Waals surface area contributed by atoms with Crippen LogP contribution in [-0.4, -0.2) is 42.1 Å². The Labute approximate surface area is 95.5 Å². The highest BCUT2D eigenvalue weighted by atomic mass is 32.2. The second kappa shape index (κ2) is 4.00. The lowest BCUT2D eigenvalue weighted by Crippen LogP contribution is -2.45. The molecule has 1 heterocycles. The zero-order valence-electron chi connectivity index (χ0n) is 9.30. The number of fused-ring (bicyclic) bond motifs is 1. The first-order valence-electron chi connectivity index (χ1n) is 5.62. The van der Waals surface area contributed by atoms with Crippen LogP contribution >= 0.6 is 0 Å². The highest BCUT2D eigenvalue weighted by Crippen LogP contribution is 2.40. The van der Waals surface area contributed by atoms with Crippen molar-refractivity contribution in [3.63, 3.8) is 0 Å².